The Bertz CT molecular complexity index is 950. The molecule has 8 atom stereocenters. The summed E-state index contributed by atoms with van der Waals surface area (Å²) in [6.45, 7) is 18.8. The zero-order valence-electron chi connectivity index (χ0n) is 33.9. The minimum absolute atomic E-state index is 0.365. The van der Waals surface area contributed by atoms with Crippen molar-refractivity contribution < 1.29 is 14.3 Å². The van der Waals surface area contributed by atoms with Crippen LogP contribution in [-0.2, 0) is 14.3 Å². The number of allylic oxidation sites excluding steroid dienone is 1. The summed E-state index contributed by atoms with van der Waals surface area (Å²) in [4.78, 5) is 21.2. The molecule has 292 valence electrons. The van der Waals surface area contributed by atoms with Crippen LogP contribution >= 0.6 is 0 Å². The lowest BCUT2D eigenvalue weighted by Crippen LogP contribution is -2.50. The van der Waals surface area contributed by atoms with E-state index in [1.165, 1.54) is 90.0 Å². The van der Waals surface area contributed by atoms with Crippen molar-refractivity contribution in [1.29, 1.82) is 0 Å². The second-order valence-corrected chi connectivity index (χ2v) is 17.3. The van der Waals surface area contributed by atoms with E-state index in [2.05, 4.69) is 58.0 Å². The summed E-state index contributed by atoms with van der Waals surface area (Å²) in [6, 6.07) is 0. The number of nitrogens with two attached hydrogens (primary N) is 2. The zero-order chi connectivity index (χ0) is 37.0. The van der Waals surface area contributed by atoms with E-state index in [0.29, 0.717) is 29.8 Å². The molecular weight excluding hydrogens is 620 g/mol. The molecule has 0 amide bonds. The number of methoxy groups -OCH3 is 1. The highest BCUT2D eigenvalue weighted by Crippen LogP contribution is 2.67. The maximum Gasteiger partial charge on any atom is 0.120 e. The van der Waals surface area contributed by atoms with Crippen LogP contribution in [0.1, 0.15) is 144 Å². The lowest BCUT2D eigenvalue weighted by Gasteiger charge is -2.58. The quantitative estimate of drug-likeness (QED) is 0.0667. The summed E-state index contributed by atoms with van der Waals surface area (Å²) in [5.41, 5.74) is 13.7. The van der Waals surface area contributed by atoms with Crippen LogP contribution in [0.15, 0.2) is 11.6 Å². The van der Waals surface area contributed by atoms with Crippen LogP contribution in [0.3, 0.4) is 0 Å². The minimum atomic E-state index is 0.365. The van der Waals surface area contributed by atoms with Gasteiger partial charge in [0, 0.05) is 20.0 Å². The van der Waals surface area contributed by atoms with Crippen molar-refractivity contribution in [1.82, 2.24) is 10.2 Å². The van der Waals surface area contributed by atoms with Crippen molar-refractivity contribution in [2.24, 2.45) is 57.8 Å². The molecule has 5 N–H and O–H groups in total. The van der Waals surface area contributed by atoms with Gasteiger partial charge in [-0.2, -0.15) is 0 Å². The second-order valence-electron chi connectivity index (χ2n) is 17.3. The lowest BCUT2D eigenvalue weighted by atomic mass is 9.47. The van der Waals surface area contributed by atoms with E-state index < -0.39 is 0 Å². The Hall–Kier alpha value is -1.12. The molecule has 0 heterocycles. The number of hydrogen-bond acceptors (Lipinski definition) is 7. The molecule has 4 aliphatic rings. The average Bonchev–Trinajstić information content (AvgIpc) is 3.46. The first kappa shape index (κ1) is 45.0. The Morgan fingerprint density at radius 2 is 1.56 bits per heavy atom. The highest BCUT2D eigenvalue weighted by molar-refractivity contribution is 5.58. The summed E-state index contributed by atoms with van der Waals surface area (Å²) in [5, 5.41) is 3.38. The van der Waals surface area contributed by atoms with Crippen LogP contribution < -0.4 is 16.8 Å². The average molecular weight is 703 g/mol. The Morgan fingerprint density at radius 3 is 2.20 bits per heavy atom. The molecule has 50 heavy (non-hydrogen) atoms. The Balaban J connectivity index is 0.000000346. The number of fused-ring (bicyclic) bond motifs is 5. The number of aldehydes is 2. The van der Waals surface area contributed by atoms with E-state index in [0.717, 1.165) is 93.6 Å². The summed E-state index contributed by atoms with van der Waals surface area (Å²) >= 11 is 0. The number of nitrogens with one attached hydrogen (secondary N) is 1. The van der Waals surface area contributed by atoms with E-state index in [1.54, 1.807) is 5.57 Å². The van der Waals surface area contributed by atoms with Crippen molar-refractivity contribution in [2.75, 3.05) is 53.4 Å². The minimum Gasteiger partial charge on any atom is -0.381 e. The third-order valence-corrected chi connectivity index (χ3v) is 13.4. The Kier molecular flexibility index (Phi) is 21.8. The fourth-order valence-corrected chi connectivity index (χ4v) is 10.4. The van der Waals surface area contributed by atoms with Crippen molar-refractivity contribution in [3.05, 3.63) is 11.6 Å². The summed E-state index contributed by atoms with van der Waals surface area (Å²) in [5.74, 6) is 5.63. The predicted octanol–water partition coefficient (Wildman–Crippen LogP) is 8.19. The zero-order valence-corrected chi connectivity index (χ0v) is 33.9. The van der Waals surface area contributed by atoms with Gasteiger partial charge in [-0.15, -0.1) is 0 Å². The smallest absolute Gasteiger partial charge is 0.120 e. The fourth-order valence-electron chi connectivity index (χ4n) is 10.4. The van der Waals surface area contributed by atoms with Gasteiger partial charge in [-0.25, -0.2) is 0 Å². The molecule has 0 aromatic rings. The van der Waals surface area contributed by atoms with E-state index in [1.807, 2.05) is 7.11 Å². The molecule has 0 saturated heterocycles. The van der Waals surface area contributed by atoms with Crippen LogP contribution in [0.5, 0.6) is 0 Å². The van der Waals surface area contributed by atoms with Gasteiger partial charge in [0.1, 0.15) is 12.6 Å². The topological polar surface area (TPSA) is 111 Å². The van der Waals surface area contributed by atoms with Gasteiger partial charge in [0.15, 0.2) is 0 Å². The number of carbonyl (C=O) groups excluding carboxylic acids is 2. The van der Waals surface area contributed by atoms with E-state index in [9.17, 15) is 9.59 Å². The fraction of sp³-hybridized carbons (Fsp3) is 0.907. The maximum atomic E-state index is 9.40. The van der Waals surface area contributed by atoms with E-state index in [4.69, 9.17) is 16.2 Å². The normalized spacial score (nSPS) is 30.5. The van der Waals surface area contributed by atoms with Crippen molar-refractivity contribution >= 4 is 12.6 Å². The summed E-state index contributed by atoms with van der Waals surface area (Å²) in [6.07, 6.45) is 25.5. The molecule has 0 spiro atoms. The first-order chi connectivity index (χ1) is 24.0. The molecule has 7 heteroatoms. The SMILES string of the molecule is CN(CCCN)CCCCNCCCN.COC1CCC2(C)C(=CCC3C2CCC2(C)C3CCC2[C@H](C)CCCC(C)C)C1.O=CCCC=O. The Labute approximate surface area is 309 Å². The molecule has 0 aromatic heterocycles. The van der Waals surface area contributed by atoms with E-state index >= 15 is 0 Å². The second kappa shape index (κ2) is 24.2. The van der Waals surface area contributed by atoms with Gasteiger partial charge in [-0.1, -0.05) is 65.5 Å². The monoisotopic (exact) mass is 703 g/mol. The van der Waals surface area contributed by atoms with Gasteiger partial charge < -0.3 is 36.0 Å². The Morgan fingerprint density at radius 1 is 0.880 bits per heavy atom. The van der Waals surface area contributed by atoms with Gasteiger partial charge in [0.25, 0.3) is 0 Å². The van der Waals surface area contributed by atoms with Crippen LogP contribution in [0.2, 0.25) is 0 Å². The number of carbonyl (C=O) groups is 2. The predicted molar refractivity (Wildman–Crippen MR) is 212 cm³/mol. The van der Waals surface area contributed by atoms with Crippen molar-refractivity contribution in [3.63, 3.8) is 0 Å². The van der Waals surface area contributed by atoms with E-state index in [-0.39, 0.29) is 0 Å². The van der Waals surface area contributed by atoms with Gasteiger partial charge in [-0.3, -0.25) is 0 Å². The van der Waals surface area contributed by atoms with Crippen LogP contribution in [0.25, 0.3) is 0 Å². The molecule has 0 bridgehead atoms. The highest BCUT2D eigenvalue weighted by atomic mass is 16.5. The number of nitrogens with zero attached hydrogens (tertiary/aromatic N) is 1. The number of rotatable bonds is 20. The molecule has 3 fully saturated rings. The molecular formula is C43H82N4O3. The van der Waals surface area contributed by atoms with Gasteiger partial charge in [0.05, 0.1) is 6.10 Å². The molecule has 7 unspecified atom stereocenters. The molecule has 4 rings (SSSR count). The molecule has 0 aliphatic heterocycles. The maximum absolute atomic E-state index is 9.40. The number of hydrogen-bond donors (Lipinski definition) is 3. The number of unbranched alkanes of at least 4 members (excludes halogenated alkanes) is 2. The standard InChI is InChI=1S/C28H48O.C11H28N4.C4H6O2/c1-19(2)8-7-9-20(3)24-12-13-25-23-11-10-21-18-22(29-6)14-16-27(21,4)26(23)15-17-28(24,25)5;1-15(11-5-7-13)10-3-2-8-14-9-4-6-12;5-3-1-2-4-6/h10,19-20,22-26H,7-9,11-18H2,1-6H3;14H,2-13H2,1H3;3-4H,1-2H2/t20-,22?,23?,24?,25?,26?,27?,28?;;/m1../s1. The van der Waals surface area contributed by atoms with Gasteiger partial charge in [-0.05, 0) is 170 Å². The molecule has 0 aromatic carbocycles. The van der Waals surface area contributed by atoms with Crippen molar-refractivity contribution in [3.8, 4) is 0 Å². The lowest BCUT2D eigenvalue weighted by molar-refractivity contribution is -0.112. The largest absolute Gasteiger partial charge is 0.381 e. The van der Waals surface area contributed by atoms with Gasteiger partial charge in [0.2, 0.25) is 0 Å². The summed E-state index contributed by atoms with van der Waals surface area (Å²) < 4.78 is 5.75. The first-order valence-electron chi connectivity index (χ1n) is 20.9. The number of ether oxygens (including phenoxy) is 1. The van der Waals surface area contributed by atoms with Crippen LogP contribution in [-0.4, -0.2) is 77.0 Å². The molecule has 4 aliphatic carbocycles. The third kappa shape index (κ3) is 13.7. The molecule has 0 radical (unpaired) electrons. The molecule has 3 saturated carbocycles. The third-order valence-electron chi connectivity index (χ3n) is 13.4. The van der Waals surface area contributed by atoms with Crippen molar-refractivity contribution in [2.45, 2.75) is 150 Å². The highest BCUT2D eigenvalue weighted by Gasteiger charge is 2.59. The van der Waals surface area contributed by atoms with Crippen LogP contribution in [0.4, 0.5) is 0 Å². The summed E-state index contributed by atoms with van der Waals surface area (Å²) in [7, 11) is 4.07. The first-order valence-corrected chi connectivity index (χ1v) is 20.9. The van der Waals surface area contributed by atoms with Crippen LogP contribution in [0, 0.1) is 46.3 Å². The van der Waals surface area contributed by atoms with Gasteiger partial charge >= 0.3 is 0 Å². The molecule has 7 nitrogen and oxygen atoms in total.